The number of benzene rings is 2. The summed E-state index contributed by atoms with van der Waals surface area (Å²) >= 11 is 0. The molecule has 1 nitrogen and oxygen atoms in total. The minimum absolute atomic E-state index is 0.952. The zero-order chi connectivity index (χ0) is 17.4. The van der Waals surface area contributed by atoms with Gasteiger partial charge < -0.3 is 4.90 Å². The first-order valence-electron chi connectivity index (χ1n) is 8.76. The molecule has 0 N–H and O–H groups in total. The van der Waals surface area contributed by atoms with E-state index in [1.165, 1.54) is 44.8 Å². The van der Waals surface area contributed by atoms with E-state index in [4.69, 9.17) is 0 Å². The summed E-state index contributed by atoms with van der Waals surface area (Å²) in [5, 5.41) is 0. The molecule has 124 valence electrons. The van der Waals surface area contributed by atoms with Crippen LogP contribution in [0.4, 0.5) is 5.69 Å². The third-order valence-corrected chi connectivity index (χ3v) is 4.84. The number of hydrogen-bond donors (Lipinski definition) is 0. The van der Waals surface area contributed by atoms with Crippen LogP contribution in [0.5, 0.6) is 0 Å². The van der Waals surface area contributed by atoms with Crippen molar-refractivity contribution in [2.45, 2.75) is 41.0 Å². The van der Waals surface area contributed by atoms with E-state index >= 15 is 0 Å². The molecule has 24 heavy (non-hydrogen) atoms. The number of rotatable bonds is 4. The Morgan fingerprint density at radius 3 is 2.54 bits per heavy atom. The van der Waals surface area contributed by atoms with Crippen molar-refractivity contribution in [2.24, 2.45) is 0 Å². The van der Waals surface area contributed by atoms with Crippen LogP contribution in [0.2, 0.25) is 0 Å². The maximum absolute atomic E-state index is 4.04. The van der Waals surface area contributed by atoms with Crippen LogP contribution in [0.15, 0.2) is 54.3 Å². The van der Waals surface area contributed by atoms with Gasteiger partial charge in [0, 0.05) is 17.8 Å². The van der Waals surface area contributed by atoms with E-state index in [9.17, 15) is 0 Å². The number of hydrogen-bond acceptors (Lipinski definition) is 1. The number of fused-ring (bicyclic) bond motifs is 3. The van der Waals surface area contributed by atoms with Gasteiger partial charge in [-0.05, 0) is 69.4 Å². The van der Waals surface area contributed by atoms with Gasteiger partial charge in [-0.1, -0.05) is 48.0 Å². The molecule has 3 rings (SSSR count). The van der Waals surface area contributed by atoms with Crippen LogP contribution in [-0.4, -0.2) is 6.54 Å². The Kier molecular flexibility index (Phi) is 4.36. The van der Waals surface area contributed by atoms with Crippen LogP contribution in [0.3, 0.4) is 0 Å². The van der Waals surface area contributed by atoms with Gasteiger partial charge in [0.25, 0.3) is 0 Å². The fourth-order valence-electron chi connectivity index (χ4n) is 3.87. The maximum atomic E-state index is 4.04. The molecular formula is C23H27N. The number of allylic oxidation sites excluding steroid dienone is 3. The van der Waals surface area contributed by atoms with E-state index < -0.39 is 0 Å². The standard InChI is InChI=1S/C23H27N/c1-7-24(18(6)12-15(2)3)23-17(5)9-10-19-14-20-13-16(4)8-11-21(20)22(19)23/h8-13H,2,7,14H2,1,3-6H3/b18-12+. The van der Waals surface area contributed by atoms with Crippen molar-refractivity contribution in [2.75, 3.05) is 11.4 Å². The van der Waals surface area contributed by atoms with E-state index in [-0.39, 0.29) is 0 Å². The average Bonchev–Trinajstić information content (AvgIpc) is 2.86. The topological polar surface area (TPSA) is 3.24 Å². The zero-order valence-electron chi connectivity index (χ0n) is 15.5. The molecule has 0 bridgehead atoms. The normalized spacial score (nSPS) is 12.8. The highest BCUT2D eigenvalue weighted by Gasteiger charge is 2.25. The summed E-state index contributed by atoms with van der Waals surface area (Å²) in [6.45, 7) is 15.8. The smallest absolute Gasteiger partial charge is 0.0520 e. The minimum Gasteiger partial charge on any atom is -0.345 e. The van der Waals surface area contributed by atoms with Gasteiger partial charge in [-0.15, -0.1) is 0 Å². The molecule has 0 atom stereocenters. The largest absolute Gasteiger partial charge is 0.345 e. The van der Waals surface area contributed by atoms with Crippen molar-refractivity contribution >= 4 is 5.69 Å². The van der Waals surface area contributed by atoms with Gasteiger partial charge in [0.2, 0.25) is 0 Å². The third-order valence-electron chi connectivity index (χ3n) is 4.84. The molecule has 2 aromatic rings. The second-order valence-electron chi connectivity index (χ2n) is 6.98. The molecule has 0 aliphatic heterocycles. The summed E-state index contributed by atoms with van der Waals surface area (Å²) in [5.41, 5.74) is 12.1. The van der Waals surface area contributed by atoms with Gasteiger partial charge >= 0.3 is 0 Å². The molecule has 0 aromatic heterocycles. The summed E-state index contributed by atoms with van der Waals surface area (Å²) in [6.07, 6.45) is 3.22. The SMILES string of the molecule is C=C(C)/C=C(\C)N(CC)c1c(C)ccc2c1-c1ccc(C)cc1C2. The van der Waals surface area contributed by atoms with E-state index in [0.29, 0.717) is 0 Å². The van der Waals surface area contributed by atoms with Crippen LogP contribution < -0.4 is 4.90 Å². The molecule has 0 radical (unpaired) electrons. The molecule has 0 saturated heterocycles. The Hall–Kier alpha value is -2.28. The van der Waals surface area contributed by atoms with E-state index in [1.807, 2.05) is 0 Å². The Bertz CT molecular complexity index is 839. The fraction of sp³-hybridized carbons (Fsp3) is 0.304. The number of nitrogens with zero attached hydrogens (tertiary/aromatic N) is 1. The van der Waals surface area contributed by atoms with Crippen molar-refractivity contribution < 1.29 is 0 Å². The van der Waals surface area contributed by atoms with Gasteiger partial charge in [0.15, 0.2) is 0 Å². The van der Waals surface area contributed by atoms with Crippen molar-refractivity contribution in [3.8, 4) is 11.1 Å². The molecule has 1 heteroatoms. The Labute approximate surface area is 146 Å². The lowest BCUT2D eigenvalue weighted by molar-refractivity contribution is 0.945. The fourth-order valence-corrected chi connectivity index (χ4v) is 3.87. The van der Waals surface area contributed by atoms with Gasteiger partial charge in [-0.3, -0.25) is 0 Å². The predicted octanol–water partition coefficient (Wildman–Crippen LogP) is 6.18. The van der Waals surface area contributed by atoms with Crippen molar-refractivity contribution in [3.63, 3.8) is 0 Å². The lowest BCUT2D eigenvalue weighted by Gasteiger charge is -2.29. The Morgan fingerprint density at radius 2 is 1.88 bits per heavy atom. The number of aryl methyl sites for hydroxylation is 2. The van der Waals surface area contributed by atoms with Crippen molar-refractivity contribution in [1.82, 2.24) is 0 Å². The predicted molar refractivity (Wildman–Crippen MR) is 106 cm³/mol. The molecule has 0 amide bonds. The van der Waals surface area contributed by atoms with E-state index in [1.54, 1.807) is 0 Å². The molecule has 1 aliphatic carbocycles. The maximum Gasteiger partial charge on any atom is 0.0520 e. The minimum atomic E-state index is 0.952. The van der Waals surface area contributed by atoms with Crippen LogP contribution in [0.25, 0.3) is 11.1 Å². The molecule has 0 heterocycles. The molecular weight excluding hydrogens is 290 g/mol. The van der Waals surface area contributed by atoms with E-state index in [0.717, 1.165) is 18.5 Å². The summed E-state index contributed by atoms with van der Waals surface area (Å²) in [4.78, 5) is 2.43. The van der Waals surface area contributed by atoms with Crippen LogP contribution in [0.1, 0.15) is 43.0 Å². The van der Waals surface area contributed by atoms with Gasteiger partial charge in [-0.25, -0.2) is 0 Å². The lowest BCUT2D eigenvalue weighted by Crippen LogP contribution is -2.22. The van der Waals surface area contributed by atoms with Crippen molar-refractivity contribution in [3.05, 3.63) is 76.5 Å². The lowest BCUT2D eigenvalue weighted by atomic mass is 9.98. The zero-order valence-corrected chi connectivity index (χ0v) is 15.5. The first-order valence-corrected chi connectivity index (χ1v) is 8.76. The summed E-state index contributed by atoms with van der Waals surface area (Å²) in [6, 6.07) is 11.4. The summed E-state index contributed by atoms with van der Waals surface area (Å²) < 4.78 is 0. The highest BCUT2D eigenvalue weighted by atomic mass is 15.1. The second kappa shape index (κ2) is 6.32. The third kappa shape index (κ3) is 2.80. The van der Waals surface area contributed by atoms with Crippen LogP contribution in [0, 0.1) is 13.8 Å². The Balaban J connectivity index is 2.22. The van der Waals surface area contributed by atoms with Crippen molar-refractivity contribution in [1.29, 1.82) is 0 Å². The quantitative estimate of drug-likeness (QED) is 0.519. The second-order valence-corrected chi connectivity index (χ2v) is 6.98. The number of anilines is 1. The van der Waals surface area contributed by atoms with Crippen LogP contribution >= 0.6 is 0 Å². The van der Waals surface area contributed by atoms with Gasteiger partial charge in [0.05, 0.1) is 5.69 Å². The first-order chi connectivity index (χ1) is 11.4. The highest BCUT2D eigenvalue weighted by Crippen LogP contribution is 2.45. The molecule has 0 saturated carbocycles. The monoisotopic (exact) mass is 317 g/mol. The van der Waals surface area contributed by atoms with Crippen LogP contribution in [-0.2, 0) is 6.42 Å². The summed E-state index contributed by atoms with van der Waals surface area (Å²) in [7, 11) is 0. The van der Waals surface area contributed by atoms with E-state index in [2.05, 4.69) is 82.5 Å². The summed E-state index contributed by atoms with van der Waals surface area (Å²) in [5.74, 6) is 0. The van der Waals surface area contributed by atoms with Gasteiger partial charge in [0.1, 0.15) is 0 Å². The highest BCUT2D eigenvalue weighted by molar-refractivity contribution is 5.90. The van der Waals surface area contributed by atoms with Gasteiger partial charge in [-0.2, -0.15) is 0 Å². The average molecular weight is 317 g/mol. The molecule has 0 spiro atoms. The first kappa shape index (κ1) is 16.6. The molecule has 1 aliphatic rings. The molecule has 2 aromatic carbocycles. The Morgan fingerprint density at radius 1 is 1.12 bits per heavy atom. The molecule has 0 fully saturated rings. The molecule has 0 unspecified atom stereocenters.